The largest absolute Gasteiger partial charge is 0.378 e. The molecule has 1 amide bonds. The van der Waals surface area contributed by atoms with Crippen molar-refractivity contribution in [3.63, 3.8) is 0 Å². The fourth-order valence-corrected chi connectivity index (χ4v) is 8.52. The van der Waals surface area contributed by atoms with Gasteiger partial charge in [-0.2, -0.15) is 0 Å². The Morgan fingerprint density at radius 3 is 2.43 bits per heavy atom. The summed E-state index contributed by atoms with van der Waals surface area (Å²) in [5, 5.41) is 6.99. The van der Waals surface area contributed by atoms with E-state index >= 15 is 0 Å². The second-order valence-corrected chi connectivity index (χ2v) is 12.9. The SMILES string of the molecule is CCN(C1COC1)C1CC(Cl)CC(C=O)(CNCC2(C3CCCCC3)C(=O)NC(C)CC2C)C1C. The van der Waals surface area contributed by atoms with Crippen molar-refractivity contribution in [2.75, 3.05) is 32.8 Å². The van der Waals surface area contributed by atoms with Gasteiger partial charge in [0, 0.05) is 36.0 Å². The van der Waals surface area contributed by atoms with Crippen molar-refractivity contribution in [2.24, 2.45) is 28.6 Å². The van der Waals surface area contributed by atoms with Gasteiger partial charge in [0.15, 0.2) is 0 Å². The Morgan fingerprint density at radius 1 is 1.14 bits per heavy atom. The van der Waals surface area contributed by atoms with Gasteiger partial charge < -0.3 is 20.2 Å². The zero-order valence-corrected chi connectivity index (χ0v) is 23.1. The van der Waals surface area contributed by atoms with Gasteiger partial charge >= 0.3 is 0 Å². The molecule has 4 rings (SSSR count). The fraction of sp³-hybridized carbons (Fsp3) is 0.929. The number of carbonyl (C=O) groups is 2. The van der Waals surface area contributed by atoms with Gasteiger partial charge in [0.1, 0.15) is 6.29 Å². The van der Waals surface area contributed by atoms with E-state index in [9.17, 15) is 9.59 Å². The molecule has 7 unspecified atom stereocenters. The maximum absolute atomic E-state index is 13.6. The molecule has 0 aromatic rings. The Morgan fingerprint density at radius 2 is 1.86 bits per heavy atom. The van der Waals surface area contributed by atoms with Gasteiger partial charge in [-0.15, -0.1) is 11.6 Å². The van der Waals surface area contributed by atoms with Crippen LogP contribution in [0.5, 0.6) is 0 Å². The average molecular weight is 510 g/mol. The van der Waals surface area contributed by atoms with Crippen LogP contribution >= 0.6 is 11.6 Å². The molecule has 2 saturated heterocycles. The van der Waals surface area contributed by atoms with E-state index in [1.54, 1.807) is 0 Å². The Balaban J connectivity index is 1.52. The first-order chi connectivity index (χ1) is 16.8. The predicted octanol–water partition coefficient (Wildman–Crippen LogP) is 4.00. The third-order valence-corrected chi connectivity index (χ3v) is 10.6. The molecule has 0 aromatic carbocycles. The Labute approximate surface area is 217 Å². The molecule has 2 aliphatic carbocycles. The lowest BCUT2D eigenvalue weighted by Crippen LogP contribution is -2.64. The van der Waals surface area contributed by atoms with E-state index in [0.29, 0.717) is 37.4 Å². The van der Waals surface area contributed by atoms with E-state index in [1.165, 1.54) is 25.5 Å². The summed E-state index contributed by atoms with van der Waals surface area (Å²) in [5.74, 6) is 1.13. The molecular formula is C28H48ClN3O3. The Bertz CT molecular complexity index is 743. The van der Waals surface area contributed by atoms with Crippen LogP contribution in [0, 0.1) is 28.6 Å². The minimum atomic E-state index is -0.525. The molecule has 2 saturated carbocycles. The molecule has 2 N–H and O–H groups in total. The van der Waals surface area contributed by atoms with Crippen molar-refractivity contribution in [1.29, 1.82) is 0 Å². The van der Waals surface area contributed by atoms with Crippen molar-refractivity contribution in [2.45, 2.75) is 103 Å². The summed E-state index contributed by atoms with van der Waals surface area (Å²) >= 11 is 6.84. The number of aldehydes is 1. The summed E-state index contributed by atoms with van der Waals surface area (Å²) in [4.78, 5) is 28.9. The molecule has 35 heavy (non-hydrogen) atoms. The molecule has 4 aliphatic rings. The summed E-state index contributed by atoms with van der Waals surface area (Å²) in [6.45, 7) is 12.5. The highest BCUT2D eigenvalue weighted by Gasteiger charge is 2.53. The molecule has 0 aromatic heterocycles. The number of hydrogen-bond donors (Lipinski definition) is 2. The smallest absolute Gasteiger partial charge is 0.228 e. The molecule has 7 heteroatoms. The minimum absolute atomic E-state index is 0.0247. The van der Waals surface area contributed by atoms with E-state index in [1.807, 2.05) is 0 Å². The van der Waals surface area contributed by atoms with Crippen LogP contribution in [0.15, 0.2) is 0 Å². The van der Waals surface area contributed by atoms with Crippen molar-refractivity contribution in [1.82, 2.24) is 15.5 Å². The summed E-state index contributed by atoms with van der Waals surface area (Å²) in [5.41, 5.74) is -0.920. The number of hydrogen-bond acceptors (Lipinski definition) is 5. The highest BCUT2D eigenvalue weighted by molar-refractivity contribution is 6.20. The Kier molecular flexibility index (Phi) is 8.88. The van der Waals surface area contributed by atoms with E-state index in [0.717, 1.165) is 45.4 Å². The number of nitrogens with zero attached hydrogens (tertiary/aromatic N) is 1. The molecule has 200 valence electrons. The quantitative estimate of drug-likeness (QED) is 0.363. The van der Waals surface area contributed by atoms with Crippen LogP contribution in [0.4, 0.5) is 0 Å². The Hall–Kier alpha value is -0.690. The van der Waals surface area contributed by atoms with Gasteiger partial charge in [0.25, 0.3) is 0 Å². The van der Waals surface area contributed by atoms with Crippen LogP contribution in [0.1, 0.15) is 79.1 Å². The van der Waals surface area contributed by atoms with Crippen LogP contribution in [-0.4, -0.2) is 73.4 Å². The zero-order chi connectivity index (χ0) is 25.2. The number of ether oxygens (including phenoxy) is 1. The van der Waals surface area contributed by atoms with Gasteiger partial charge in [-0.1, -0.05) is 40.0 Å². The number of amides is 1. The molecule has 6 nitrogen and oxygen atoms in total. The number of halogens is 1. The highest BCUT2D eigenvalue weighted by atomic mass is 35.5. The highest BCUT2D eigenvalue weighted by Crippen LogP contribution is 2.48. The van der Waals surface area contributed by atoms with Crippen molar-refractivity contribution in [3.05, 3.63) is 0 Å². The number of alkyl halides is 1. The molecule has 0 spiro atoms. The van der Waals surface area contributed by atoms with E-state index in [2.05, 4.69) is 43.2 Å². The average Bonchev–Trinajstić information content (AvgIpc) is 2.80. The lowest BCUT2D eigenvalue weighted by Gasteiger charge is -2.53. The van der Waals surface area contributed by atoms with Gasteiger partial charge in [0.2, 0.25) is 5.91 Å². The monoisotopic (exact) mass is 509 g/mol. The van der Waals surface area contributed by atoms with Crippen LogP contribution in [0.25, 0.3) is 0 Å². The first-order valence-electron chi connectivity index (χ1n) is 14.2. The second kappa shape index (κ2) is 11.4. The molecule has 0 radical (unpaired) electrons. The van der Waals surface area contributed by atoms with E-state index < -0.39 is 10.8 Å². The lowest BCUT2D eigenvalue weighted by atomic mass is 9.58. The summed E-state index contributed by atoms with van der Waals surface area (Å²) in [7, 11) is 0. The van der Waals surface area contributed by atoms with E-state index in [4.69, 9.17) is 16.3 Å². The standard InChI is InChI=1S/C28H48ClN3O3/c1-5-32(24-14-35-15-24)25-12-23(29)13-27(18-33,21(25)4)16-30-17-28(22-9-7-6-8-10-22)19(2)11-20(3)31-26(28)34/h18-25,30H,5-17H2,1-4H3,(H,31,34). The van der Waals surface area contributed by atoms with Crippen molar-refractivity contribution < 1.29 is 14.3 Å². The first-order valence-corrected chi connectivity index (χ1v) is 14.7. The number of likely N-dealkylation sites (N-methyl/N-ethyl adjacent to an activating group) is 1. The normalized spacial score (nSPS) is 41.4. The van der Waals surface area contributed by atoms with Gasteiger partial charge in [-0.3, -0.25) is 9.69 Å². The number of rotatable bonds is 9. The molecule has 2 heterocycles. The third kappa shape index (κ3) is 5.19. The predicted molar refractivity (Wildman–Crippen MR) is 141 cm³/mol. The molecule has 4 fully saturated rings. The topological polar surface area (TPSA) is 70.7 Å². The fourth-order valence-electron chi connectivity index (χ4n) is 8.05. The molecular weight excluding hydrogens is 462 g/mol. The molecule has 2 aliphatic heterocycles. The maximum Gasteiger partial charge on any atom is 0.228 e. The number of nitrogens with one attached hydrogen (secondary N) is 2. The number of piperidine rings is 1. The van der Waals surface area contributed by atoms with Crippen LogP contribution in [-0.2, 0) is 14.3 Å². The molecule has 7 atom stereocenters. The minimum Gasteiger partial charge on any atom is -0.378 e. The third-order valence-electron chi connectivity index (χ3n) is 10.3. The second-order valence-electron chi connectivity index (χ2n) is 12.3. The van der Waals surface area contributed by atoms with Gasteiger partial charge in [-0.05, 0) is 63.3 Å². The van der Waals surface area contributed by atoms with Crippen LogP contribution < -0.4 is 10.6 Å². The summed E-state index contributed by atoms with van der Waals surface area (Å²) in [6.07, 6.45) is 9.75. The summed E-state index contributed by atoms with van der Waals surface area (Å²) < 4.78 is 5.48. The van der Waals surface area contributed by atoms with Crippen LogP contribution in [0.3, 0.4) is 0 Å². The van der Waals surface area contributed by atoms with Crippen molar-refractivity contribution >= 4 is 23.8 Å². The number of carbonyl (C=O) groups excluding carboxylic acids is 2. The zero-order valence-electron chi connectivity index (χ0n) is 22.4. The van der Waals surface area contributed by atoms with Crippen molar-refractivity contribution in [3.8, 4) is 0 Å². The lowest BCUT2D eigenvalue weighted by molar-refractivity contribution is -0.145. The van der Waals surface area contributed by atoms with E-state index in [-0.39, 0.29) is 29.3 Å². The first kappa shape index (κ1) is 27.3. The maximum atomic E-state index is 13.6. The molecule has 0 bridgehead atoms. The summed E-state index contributed by atoms with van der Waals surface area (Å²) in [6, 6.07) is 0.916. The van der Waals surface area contributed by atoms with Crippen LogP contribution in [0.2, 0.25) is 0 Å². The van der Waals surface area contributed by atoms with Gasteiger partial charge in [-0.25, -0.2) is 0 Å². The van der Waals surface area contributed by atoms with Gasteiger partial charge in [0.05, 0.1) is 24.7 Å².